The number of methoxy groups -OCH3 is 1. The van der Waals surface area contributed by atoms with Crippen molar-refractivity contribution in [2.75, 3.05) is 51.8 Å². The van der Waals surface area contributed by atoms with Gasteiger partial charge in [0.15, 0.2) is 10.7 Å². The molecule has 0 spiro atoms. The maximum absolute atomic E-state index is 14.1. The minimum atomic E-state index is -0.786. The van der Waals surface area contributed by atoms with Gasteiger partial charge in [0.2, 0.25) is 0 Å². The Bertz CT molecular complexity index is 1840. The van der Waals surface area contributed by atoms with Gasteiger partial charge in [0.1, 0.15) is 17.6 Å². The highest BCUT2D eigenvalue weighted by atomic mass is 32.1. The van der Waals surface area contributed by atoms with Gasteiger partial charge in [-0.15, -0.1) is 0 Å². The van der Waals surface area contributed by atoms with Crippen LogP contribution >= 0.6 is 11.3 Å². The molecule has 0 unspecified atom stereocenters. The molecule has 0 bridgehead atoms. The predicted octanol–water partition coefficient (Wildman–Crippen LogP) is 3.30. The summed E-state index contributed by atoms with van der Waals surface area (Å²) in [6.07, 6.45) is 1.75. The number of ether oxygens (including phenoxy) is 2. The third-order valence-electron chi connectivity index (χ3n) is 7.64. The highest BCUT2D eigenvalue weighted by Crippen LogP contribution is 2.40. The topological polar surface area (TPSA) is 89.5 Å². The van der Waals surface area contributed by atoms with E-state index in [-0.39, 0.29) is 12.2 Å². The molecule has 1 atom stereocenters. The number of hydrogen-bond donors (Lipinski definition) is 0. The van der Waals surface area contributed by atoms with E-state index in [1.807, 2.05) is 48.5 Å². The van der Waals surface area contributed by atoms with E-state index in [9.17, 15) is 9.59 Å². The van der Waals surface area contributed by atoms with Crippen molar-refractivity contribution in [3.63, 3.8) is 0 Å². The summed E-state index contributed by atoms with van der Waals surface area (Å²) >= 11 is 1.27. The van der Waals surface area contributed by atoms with Crippen molar-refractivity contribution in [3.05, 3.63) is 90.8 Å². The number of thiazole rings is 1. The van der Waals surface area contributed by atoms with Crippen LogP contribution in [0.1, 0.15) is 31.2 Å². The summed E-state index contributed by atoms with van der Waals surface area (Å²) in [5, 5.41) is 1.85. The Labute approximate surface area is 241 Å². The van der Waals surface area contributed by atoms with Crippen LogP contribution in [-0.4, -0.2) is 62.4 Å². The van der Waals surface area contributed by atoms with Gasteiger partial charge < -0.3 is 23.7 Å². The van der Waals surface area contributed by atoms with Gasteiger partial charge in [-0.05, 0) is 43.8 Å². The highest BCUT2D eigenvalue weighted by molar-refractivity contribution is 7.07. The Morgan fingerprint density at radius 1 is 1.12 bits per heavy atom. The molecule has 4 heterocycles. The van der Waals surface area contributed by atoms with E-state index >= 15 is 0 Å². The van der Waals surface area contributed by atoms with Crippen LogP contribution in [0.4, 0.5) is 5.88 Å². The van der Waals surface area contributed by atoms with Gasteiger partial charge in [0.05, 0.1) is 29.5 Å². The van der Waals surface area contributed by atoms with Gasteiger partial charge in [-0.1, -0.05) is 41.7 Å². The standard InChI is InChI=1S/C31H32N4O5S/c1-5-39-30(37)26-19(2)32-31-35(28(26)27-22-9-7-6-8-20(22)10-12-23(27)38-4)29(36)24(41-31)18-21-11-13-25(40-21)34-16-14-33(3)15-17-34/h6-13,18,28H,5,14-17H2,1-4H3/b24-18-/t28-/m0/s1. The van der Waals surface area contributed by atoms with E-state index in [1.54, 1.807) is 31.6 Å². The lowest BCUT2D eigenvalue weighted by Crippen LogP contribution is -2.44. The molecule has 0 amide bonds. The van der Waals surface area contributed by atoms with Crippen LogP contribution in [0.2, 0.25) is 0 Å². The summed E-state index contributed by atoms with van der Waals surface area (Å²) in [5.74, 6) is 1.44. The zero-order valence-corrected chi connectivity index (χ0v) is 24.4. The maximum Gasteiger partial charge on any atom is 0.338 e. The van der Waals surface area contributed by atoms with E-state index < -0.39 is 12.0 Å². The Hall–Kier alpha value is -4.15. The third-order valence-corrected chi connectivity index (χ3v) is 8.62. The molecule has 2 aliphatic rings. The predicted molar refractivity (Wildman–Crippen MR) is 159 cm³/mol. The Morgan fingerprint density at radius 2 is 1.90 bits per heavy atom. The van der Waals surface area contributed by atoms with Crippen molar-refractivity contribution in [1.82, 2.24) is 9.47 Å². The molecule has 9 nitrogen and oxygen atoms in total. The molecule has 6 rings (SSSR count). The molecule has 0 radical (unpaired) electrons. The molecule has 1 saturated heterocycles. The van der Waals surface area contributed by atoms with Crippen LogP contribution in [0.25, 0.3) is 16.8 Å². The highest BCUT2D eigenvalue weighted by Gasteiger charge is 2.36. The Kier molecular flexibility index (Phi) is 7.27. The molecule has 4 aromatic rings. The molecule has 2 aromatic heterocycles. The van der Waals surface area contributed by atoms with Gasteiger partial charge in [-0.3, -0.25) is 9.36 Å². The van der Waals surface area contributed by atoms with Gasteiger partial charge >= 0.3 is 5.97 Å². The van der Waals surface area contributed by atoms with Crippen LogP contribution in [0.15, 0.2) is 74.0 Å². The lowest BCUT2D eigenvalue weighted by atomic mass is 9.90. The molecule has 0 N–H and O–H groups in total. The number of aromatic nitrogens is 1. The molecular formula is C31H32N4O5S. The summed E-state index contributed by atoms with van der Waals surface area (Å²) in [4.78, 5) is 37.2. The Balaban J connectivity index is 1.52. The number of piperazine rings is 1. The monoisotopic (exact) mass is 572 g/mol. The van der Waals surface area contributed by atoms with Crippen molar-refractivity contribution in [3.8, 4) is 5.75 Å². The van der Waals surface area contributed by atoms with E-state index in [0.29, 0.717) is 37.7 Å². The lowest BCUT2D eigenvalue weighted by molar-refractivity contribution is -0.139. The largest absolute Gasteiger partial charge is 0.496 e. The fourth-order valence-electron chi connectivity index (χ4n) is 5.55. The van der Waals surface area contributed by atoms with Gasteiger partial charge in [0, 0.05) is 43.9 Å². The second-order valence-electron chi connectivity index (χ2n) is 10.2. The minimum Gasteiger partial charge on any atom is -0.496 e. The van der Waals surface area contributed by atoms with E-state index in [2.05, 4.69) is 16.8 Å². The molecular weight excluding hydrogens is 540 g/mol. The zero-order chi connectivity index (χ0) is 28.7. The third kappa shape index (κ3) is 4.87. The Morgan fingerprint density at radius 3 is 2.66 bits per heavy atom. The number of carbonyl (C=O) groups excluding carboxylic acids is 1. The summed E-state index contributed by atoms with van der Waals surface area (Å²) in [6, 6.07) is 14.7. The number of carbonyl (C=O) groups is 1. The summed E-state index contributed by atoms with van der Waals surface area (Å²) < 4.78 is 19.5. The van der Waals surface area contributed by atoms with Crippen molar-refractivity contribution >= 4 is 40.0 Å². The normalized spacial score (nSPS) is 18.0. The number of hydrogen-bond acceptors (Lipinski definition) is 9. The van der Waals surface area contributed by atoms with Crippen molar-refractivity contribution < 1.29 is 18.7 Å². The molecule has 1 fully saturated rings. The number of nitrogens with zero attached hydrogens (tertiary/aromatic N) is 4. The second-order valence-corrected chi connectivity index (χ2v) is 11.2. The van der Waals surface area contributed by atoms with Crippen LogP contribution < -0.4 is 24.5 Å². The molecule has 10 heteroatoms. The SMILES string of the molecule is CCOC(=O)C1=C(C)N=c2s/c(=C\c3ccc(N4CCN(C)CC4)o3)c(=O)n2[C@@H]1c1c(OC)ccc2ccccc12. The number of rotatable bonds is 6. The van der Waals surface area contributed by atoms with Crippen molar-refractivity contribution in [2.24, 2.45) is 4.99 Å². The molecule has 2 aromatic carbocycles. The maximum atomic E-state index is 14.1. The van der Waals surface area contributed by atoms with Crippen molar-refractivity contribution in [2.45, 2.75) is 19.9 Å². The van der Waals surface area contributed by atoms with Crippen LogP contribution in [0.5, 0.6) is 5.75 Å². The van der Waals surface area contributed by atoms with Gasteiger partial charge in [-0.25, -0.2) is 9.79 Å². The van der Waals surface area contributed by atoms with Gasteiger partial charge in [0.25, 0.3) is 5.56 Å². The smallest absolute Gasteiger partial charge is 0.338 e. The first-order valence-corrected chi connectivity index (χ1v) is 14.5. The van der Waals surface area contributed by atoms with Crippen LogP contribution in [0, 0.1) is 0 Å². The lowest BCUT2D eigenvalue weighted by Gasteiger charge is -2.32. The quantitative estimate of drug-likeness (QED) is 0.328. The minimum absolute atomic E-state index is 0.202. The summed E-state index contributed by atoms with van der Waals surface area (Å²) in [7, 11) is 3.70. The number of esters is 1. The number of likely N-dealkylation sites (N-methyl/N-ethyl adjacent to an activating group) is 1. The molecule has 2 aliphatic heterocycles. The zero-order valence-electron chi connectivity index (χ0n) is 23.5. The van der Waals surface area contributed by atoms with E-state index in [4.69, 9.17) is 18.9 Å². The van der Waals surface area contributed by atoms with E-state index in [0.717, 1.165) is 42.8 Å². The number of furan rings is 1. The summed E-state index contributed by atoms with van der Waals surface area (Å²) in [6.45, 7) is 7.44. The first-order valence-electron chi connectivity index (χ1n) is 13.7. The summed E-state index contributed by atoms with van der Waals surface area (Å²) in [5.41, 5.74) is 1.27. The van der Waals surface area contributed by atoms with Gasteiger partial charge in [-0.2, -0.15) is 0 Å². The average Bonchev–Trinajstić information content (AvgIpc) is 3.56. The second kappa shape index (κ2) is 11.0. The molecule has 0 saturated carbocycles. The van der Waals surface area contributed by atoms with Crippen LogP contribution in [-0.2, 0) is 9.53 Å². The average molecular weight is 573 g/mol. The number of fused-ring (bicyclic) bond motifs is 2. The number of benzene rings is 2. The molecule has 41 heavy (non-hydrogen) atoms. The van der Waals surface area contributed by atoms with Crippen LogP contribution in [0.3, 0.4) is 0 Å². The molecule has 0 aliphatic carbocycles. The first kappa shape index (κ1) is 27.0. The molecule has 212 valence electrons. The fraction of sp³-hybridized carbons (Fsp3) is 0.323. The van der Waals surface area contributed by atoms with Crippen molar-refractivity contribution in [1.29, 1.82) is 0 Å². The fourth-order valence-corrected chi connectivity index (χ4v) is 6.57. The van der Waals surface area contributed by atoms with E-state index in [1.165, 1.54) is 11.3 Å². The number of allylic oxidation sites excluding steroid dienone is 1. The number of anilines is 1. The first-order chi connectivity index (χ1) is 19.9.